The van der Waals surface area contributed by atoms with Crippen LogP contribution in [0, 0.1) is 11.7 Å². The Labute approximate surface area is 176 Å². The molecule has 0 amide bonds. The van der Waals surface area contributed by atoms with Crippen molar-refractivity contribution in [1.82, 2.24) is 0 Å². The van der Waals surface area contributed by atoms with Crippen LogP contribution in [-0.2, 0) is 11.2 Å². The summed E-state index contributed by atoms with van der Waals surface area (Å²) in [4.78, 5) is 12.5. The zero-order chi connectivity index (χ0) is 21.7. The van der Waals surface area contributed by atoms with E-state index in [1.807, 2.05) is 19.9 Å². The van der Waals surface area contributed by atoms with Gasteiger partial charge in [-0.2, -0.15) is 0 Å². The number of halogens is 1. The highest BCUT2D eigenvalue weighted by Gasteiger charge is 2.26. The third-order valence-electron chi connectivity index (χ3n) is 5.00. The first-order valence-electron chi connectivity index (χ1n) is 10.1. The number of rotatable bonds is 8. The molecule has 0 radical (unpaired) electrons. The summed E-state index contributed by atoms with van der Waals surface area (Å²) in [5.74, 6) is 0.0227. The topological polar surface area (TPSA) is 55.8 Å². The van der Waals surface area contributed by atoms with Gasteiger partial charge in [-0.05, 0) is 68.4 Å². The Bertz CT molecular complexity index is 966. The molecule has 1 aliphatic carbocycles. The minimum atomic E-state index is -0.626. The summed E-state index contributed by atoms with van der Waals surface area (Å²) in [5, 5.41) is 11.0. The van der Waals surface area contributed by atoms with Crippen LogP contribution in [0.5, 0.6) is 11.5 Å². The second-order valence-electron chi connectivity index (χ2n) is 7.78. The molecular formula is C25H27FO4. The molecule has 1 saturated carbocycles. The number of ether oxygens (including phenoxy) is 2. The molecule has 1 aliphatic rings. The van der Waals surface area contributed by atoms with E-state index in [2.05, 4.69) is 0 Å². The van der Waals surface area contributed by atoms with E-state index in [1.54, 1.807) is 30.4 Å². The standard InChI is InChI=1S/C25H27FO4/c1-16(2)4-13-21-22(30-15-18-5-6-18)14-19(23(24(21)27)25(28)29-3)10-7-17-8-11-20(26)12-9-17/h4,7-12,14,18,27H,5-6,13,15H2,1-3H3/b10-7+. The van der Waals surface area contributed by atoms with Gasteiger partial charge in [0.2, 0.25) is 0 Å². The van der Waals surface area contributed by atoms with Crippen molar-refractivity contribution < 1.29 is 23.8 Å². The number of allylic oxidation sites excluding steroid dienone is 2. The fraction of sp³-hybridized carbons (Fsp3) is 0.320. The van der Waals surface area contributed by atoms with Crippen LogP contribution in [0.4, 0.5) is 4.39 Å². The molecule has 0 aromatic heterocycles. The molecule has 0 spiro atoms. The maximum atomic E-state index is 13.2. The van der Waals surface area contributed by atoms with Crippen LogP contribution in [0.15, 0.2) is 42.0 Å². The van der Waals surface area contributed by atoms with E-state index in [0.717, 1.165) is 24.0 Å². The van der Waals surface area contributed by atoms with Crippen LogP contribution >= 0.6 is 0 Å². The van der Waals surface area contributed by atoms with Crippen LogP contribution in [0.1, 0.15) is 53.7 Å². The highest BCUT2D eigenvalue weighted by atomic mass is 19.1. The predicted molar refractivity (Wildman–Crippen MR) is 116 cm³/mol. The minimum absolute atomic E-state index is 0.0896. The zero-order valence-electron chi connectivity index (χ0n) is 17.6. The lowest BCUT2D eigenvalue weighted by Crippen LogP contribution is -2.09. The van der Waals surface area contributed by atoms with Gasteiger partial charge in [0.25, 0.3) is 0 Å². The first-order valence-corrected chi connectivity index (χ1v) is 10.1. The van der Waals surface area contributed by atoms with Gasteiger partial charge in [0.15, 0.2) is 0 Å². The largest absolute Gasteiger partial charge is 0.507 e. The molecule has 0 heterocycles. The number of hydrogen-bond donors (Lipinski definition) is 1. The van der Waals surface area contributed by atoms with Crippen LogP contribution in [-0.4, -0.2) is 24.8 Å². The van der Waals surface area contributed by atoms with Gasteiger partial charge in [-0.1, -0.05) is 35.9 Å². The Kier molecular flexibility index (Phi) is 6.93. The molecule has 1 N–H and O–H groups in total. The van der Waals surface area contributed by atoms with E-state index in [4.69, 9.17) is 9.47 Å². The van der Waals surface area contributed by atoms with Crippen LogP contribution in [0.3, 0.4) is 0 Å². The number of benzene rings is 2. The summed E-state index contributed by atoms with van der Waals surface area (Å²) in [6.07, 6.45) is 8.17. The summed E-state index contributed by atoms with van der Waals surface area (Å²) in [6, 6.07) is 7.77. The smallest absolute Gasteiger partial charge is 0.342 e. The van der Waals surface area contributed by atoms with Gasteiger partial charge >= 0.3 is 5.97 Å². The summed E-state index contributed by atoms with van der Waals surface area (Å²) >= 11 is 0. The fourth-order valence-electron chi connectivity index (χ4n) is 3.04. The summed E-state index contributed by atoms with van der Waals surface area (Å²) in [5.41, 5.74) is 3.00. The normalized spacial score (nSPS) is 13.3. The molecule has 1 fully saturated rings. The lowest BCUT2D eigenvalue weighted by molar-refractivity contribution is 0.0597. The van der Waals surface area contributed by atoms with Gasteiger partial charge in [-0.25, -0.2) is 9.18 Å². The molecule has 0 unspecified atom stereocenters. The summed E-state index contributed by atoms with van der Waals surface area (Å²) in [6.45, 7) is 4.53. The molecule has 30 heavy (non-hydrogen) atoms. The number of aromatic hydroxyl groups is 1. The van der Waals surface area contributed by atoms with Crippen molar-refractivity contribution in [2.24, 2.45) is 5.92 Å². The first kappa shape index (κ1) is 21.6. The highest BCUT2D eigenvalue weighted by molar-refractivity contribution is 5.98. The van der Waals surface area contributed by atoms with Crippen molar-refractivity contribution in [1.29, 1.82) is 0 Å². The zero-order valence-corrected chi connectivity index (χ0v) is 17.6. The number of hydrogen-bond acceptors (Lipinski definition) is 4. The van der Waals surface area contributed by atoms with Gasteiger partial charge in [-0.15, -0.1) is 0 Å². The van der Waals surface area contributed by atoms with Crippen molar-refractivity contribution in [2.75, 3.05) is 13.7 Å². The number of phenols is 1. The molecule has 0 saturated heterocycles. The highest BCUT2D eigenvalue weighted by Crippen LogP contribution is 2.38. The SMILES string of the molecule is COC(=O)c1c(/C=C/c2ccc(F)cc2)cc(OCC2CC2)c(CC=C(C)C)c1O. The Balaban J connectivity index is 2.06. The molecule has 0 bridgehead atoms. The van der Waals surface area contributed by atoms with Crippen LogP contribution < -0.4 is 4.74 Å². The number of carbonyl (C=O) groups is 1. The lowest BCUT2D eigenvalue weighted by atomic mass is 9.97. The second-order valence-corrected chi connectivity index (χ2v) is 7.78. The number of phenolic OH excluding ortho intramolecular Hbond substituents is 1. The van der Waals surface area contributed by atoms with Gasteiger partial charge in [0, 0.05) is 5.56 Å². The fourth-order valence-corrected chi connectivity index (χ4v) is 3.04. The van der Waals surface area contributed by atoms with Crippen molar-refractivity contribution in [3.05, 3.63) is 70.1 Å². The minimum Gasteiger partial charge on any atom is -0.507 e. The van der Waals surface area contributed by atoms with E-state index in [-0.39, 0.29) is 17.1 Å². The van der Waals surface area contributed by atoms with Crippen LogP contribution in [0.2, 0.25) is 0 Å². The average molecular weight is 410 g/mol. The summed E-state index contributed by atoms with van der Waals surface area (Å²) < 4.78 is 24.1. The molecule has 0 aliphatic heterocycles. The van der Waals surface area contributed by atoms with E-state index in [9.17, 15) is 14.3 Å². The van der Waals surface area contributed by atoms with Gasteiger partial charge in [-0.3, -0.25) is 0 Å². The second kappa shape index (κ2) is 9.61. The Morgan fingerprint density at radius 3 is 2.50 bits per heavy atom. The monoisotopic (exact) mass is 410 g/mol. The van der Waals surface area contributed by atoms with Crippen molar-refractivity contribution >= 4 is 18.1 Å². The van der Waals surface area contributed by atoms with Gasteiger partial charge in [0.05, 0.1) is 13.7 Å². The third kappa shape index (κ3) is 5.50. The number of methoxy groups -OCH3 is 1. The molecule has 158 valence electrons. The Morgan fingerprint density at radius 1 is 1.20 bits per heavy atom. The maximum absolute atomic E-state index is 13.2. The van der Waals surface area contributed by atoms with E-state index in [1.165, 1.54) is 19.2 Å². The van der Waals surface area contributed by atoms with Crippen LogP contribution in [0.25, 0.3) is 12.2 Å². The molecule has 5 heteroatoms. The molecular weight excluding hydrogens is 383 g/mol. The number of carbonyl (C=O) groups excluding carboxylic acids is 1. The molecule has 2 aromatic rings. The van der Waals surface area contributed by atoms with E-state index < -0.39 is 5.97 Å². The predicted octanol–water partition coefficient (Wildman–Crippen LogP) is 5.79. The van der Waals surface area contributed by atoms with Crippen molar-refractivity contribution in [3.8, 4) is 11.5 Å². The van der Waals surface area contributed by atoms with Crippen molar-refractivity contribution in [3.63, 3.8) is 0 Å². The molecule has 4 nitrogen and oxygen atoms in total. The first-order chi connectivity index (χ1) is 14.4. The quantitative estimate of drug-likeness (QED) is 0.340. The van der Waals surface area contributed by atoms with Crippen molar-refractivity contribution in [2.45, 2.75) is 33.1 Å². The Hall–Kier alpha value is -3.08. The van der Waals surface area contributed by atoms with E-state index in [0.29, 0.717) is 35.8 Å². The molecule has 2 aromatic carbocycles. The molecule has 3 rings (SSSR count). The summed E-state index contributed by atoms with van der Waals surface area (Å²) in [7, 11) is 1.28. The van der Waals surface area contributed by atoms with E-state index >= 15 is 0 Å². The van der Waals surface area contributed by atoms with Gasteiger partial charge in [0.1, 0.15) is 22.9 Å². The maximum Gasteiger partial charge on any atom is 0.342 e. The third-order valence-corrected chi connectivity index (χ3v) is 5.00. The Morgan fingerprint density at radius 2 is 1.90 bits per heavy atom. The number of esters is 1. The molecule has 0 atom stereocenters. The lowest BCUT2D eigenvalue weighted by Gasteiger charge is -2.17. The average Bonchev–Trinajstić information content (AvgIpc) is 3.55. The van der Waals surface area contributed by atoms with Gasteiger partial charge < -0.3 is 14.6 Å².